The standard InChI is InChI=1S/C17H20N4O3S/c22-15(6-9-21-7-2-1-3-8-21)18-17-20-19-16(25-17)12-4-5-13-14(10-12)24-11-23-13/h4-5,10H,1-3,6-9,11H2,(H,18,20,22). The third kappa shape index (κ3) is 3.91. The van der Waals surface area contributed by atoms with Gasteiger partial charge >= 0.3 is 0 Å². The Kier molecular flexibility index (Phi) is 4.80. The second-order valence-electron chi connectivity index (χ2n) is 6.18. The second-order valence-corrected chi connectivity index (χ2v) is 7.16. The molecule has 0 bridgehead atoms. The fraction of sp³-hybridized carbons (Fsp3) is 0.471. The lowest BCUT2D eigenvalue weighted by atomic mass is 10.1. The van der Waals surface area contributed by atoms with E-state index in [1.165, 1.54) is 30.6 Å². The van der Waals surface area contributed by atoms with Crippen LogP contribution in [0.1, 0.15) is 25.7 Å². The average molecular weight is 360 g/mol. The Hall–Kier alpha value is -2.19. The number of nitrogens with one attached hydrogen (secondary N) is 1. The number of anilines is 1. The SMILES string of the molecule is O=C(CCN1CCCCC1)Nc1nnc(-c2ccc3c(c2)OCO3)s1. The van der Waals surface area contributed by atoms with Crippen LogP contribution in [-0.2, 0) is 4.79 Å². The number of benzene rings is 1. The molecular weight excluding hydrogens is 340 g/mol. The summed E-state index contributed by atoms with van der Waals surface area (Å²) in [5.74, 6) is 1.43. The van der Waals surface area contributed by atoms with E-state index in [-0.39, 0.29) is 12.7 Å². The topological polar surface area (TPSA) is 76.6 Å². The first-order chi connectivity index (χ1) is 12.3. The van der Waals surface area contributed by atoms with Crippen molar-refractivity contribution in [1.82, 2.24) is 15.1 Å². The number of amides is 1. The summed E-state index contributed by atoms with van der Waals surface area (Å²) >= 11 is 1.36. The summed E-state index contributed by atoms with van der Waals surface area (Å²) in [7, 11) is 0. The van der Waals surface area contributed by atoms with Gasteiger partial charge in [0.25, 0.3) is 0 Å². The van der Waals surface area contributed by atoms with Crippen molar-refractivity contribution in [3.05, 3.63) is 18.2 Å². The molecule has 2 aliphatic rings. The minimum atomic E-state index is -0.0149. The van der Waals surface area contributed by atoms with E-state index in [9.17, 15) is 4.79 Å². The largest absolute Gasteiger partial charge is 0.454 e. The molecule has 132 valence electrons. The van der Waals surface area contributed by atoms with E-state index >= 15 is 0 Å². The Bertz CT molecular complexity index is 758. The number of carbonyl (C=O) groups excluding carboxylic acids is 1. The van der Waals surface area contributed by atoms with Gasteiger partial charge in [0, 0.05) is 18.5 Å². The lowest BCUT2D eigenvalue weighted by Gasteiger charge is -2.25. The van der Waals surface area contributed by atoms with Crippen molar-refractivity contribution < 1.29 is 14.3 Å². The van der Waals surface area contributed by atoms with Crippen LogP contribution in [0.3, 0.4) is 0 Å². The van der Waals surface area contributed by atoms with Crippen LogP contribution in [0.15, 0.2) is 18.2 Å². The first kappa shape index (κ1) is 16.3. The molecule has 0 unspecified atom stereocenters. The summed E-state index contributed by atoms with van der Waals surface area (Å²) in [4.78, 5) is 14.5. The van der Waals surface area contributed by atoms with Gasteiger partial charge in [-0.2, -0.15) is 0 Å². The van der Waals surface area contributed by atoms with E-state index in [1.807, 2.05) is 18.2 Å². The van der Waals surface area contributed by atoms with E-state index in [1.54, 1.807) is 0 Å². The number of ether oxygens (including phenoxy) is 2. The Morgan fingerprint density at radius 3 is 2.88 bits per heavy atom. The highest BCUT2D eigenvalue weighted by Gasteiger charge is 2.17. The fourth-order valence-electron chi connectivity index (χ4n) is 3.04. The summed E-state index contributed by atoms with van der Waals surface area (Å²) in [5, 5.41) is 12.3. The van der Waals surface area contributed by atoms with Crippen LogP contribution in [0.25, 0.3) is 10.6 Å². The monoisotopic (exact) mass is 360 g/mol. The molecule has 8 heteroatoms. The van der Waals surface area contributed by atoms with E-state index < -0.39 is 0 Å². The maximum atomic E-state index is 12.1. The number of hydrogen-bond donors (Lipinski definition) is 1. The number of carbonyl (C=O) groups is 1. The molecule has 0 atom stereocenters. The van der Waals surface area contributed by atoms with Crippen molar-refractivity contribution in [2.24, 2.45) is 0 Å². The van der Waals surface area contributed by atoms with Crippen LogP contribution in [0.5, 0.6) is 11.5 Å². The second kappa shape index (κ2) is 7.37. The van der Waals surface area contributed by atoms with Crippen LogP contribution < -0.4 is 14.8 Å². The van der Waals surface area contributed by atoms with Crippen molar-refractivity contribution in [2.45, 2.75) is 25.7 Å². The van der Waals surface area contributed by atoms with Gasteiger partial charge in [0.2, 0.25) is 17.8 Å². The van der Waals surface area contributed by atoms with Gasteiger partial charge in [0.05, 0.1) is 0 Å². The number of rotatable bonds is 5. The maximum absolute atomic E-state index is 12.1. The number of likely N-dealkylation sites (tertiary alicyclic amines) is 1. The zero-order valence-electron chi connectivity index (χ0n) is 13.9. The van der Waals surface area contributed by atoms with E-state index in [2.05, 4.69) is 20.4 Å². The molecule has 3 heterocycles. The molecule has 4 rings (SSSR count). The first-order valence-electron chi connectivity index (χ1n) is 8.54. The summed E-state index contributed by atoms with van der Waals surface area (Å²) in [6.07, 6.45) is 4.25. The molecule has 1 aromatic carbocycles. The molecule has 0 radical (unpaired) electrons. The summed E-state index contributed by atoms with van der Waals surface area (Å²) < 4.78 is 10.7. The molecule has 7 nitrogen and oxygen atoms in total. The van der Waals surface area contributed by atoms with Crippen LogP contribution in [0.4, 0.5) is 5.13 Å². The third-order valence-electron chi connectivity index (χ3n) is 4.39. The highest BCUT2D eigenvalue weighted by atomic mass is 32.1. The predicted octanol–water partition coefficient (Wildman–Crippen LogP) is 2.75. The molecule has 2 aliphatic heterocycles. The number of nitrogens with zero attached hydrogens (tertiary/aromatic N) is 3. The van der Waals surface area contributed by atoms with Crippen molar-refractivity contribution in [1.29, 1.82) is 0 Å². The molecule has 1 fully saturated rings. The third-order valence-corrected chi connectivity index (χ3v) is 5.28. The molecule has 0 aliphatic carbocycles. The number of piperidine rings is 1. The first-order valence-corrected chi connectivity index (χ1v) is 9.35. The van der Waals surface area contributed by atoms with Crippen LogP contribution >= 0.6 is 11.3 Å². The molecule has 0 saturated carbocycles. The minimum Gasteiger partial charge on any atom is -0.454 e. The van der Waals surface area contributed by atoms with Crippen molar-refractivity contribution in [3.8, 4) is 22.1 Å². The highest BCUT2D eigenvalue weighted by molar-refractivity contribution is 7.18. The van der Waals surface area contributed by atoms with E-state index in [0.29, 0.717) is 17.3 Å². The van der Waals surface area contributed by atoms with Crippen molar-refractivity contribution in [3.63, 3.8) is 0 Å². The normalized spacial score (nSPS) is 16.8. The predicted molar refractivity (Wildman–Crippen MR) is 95.0 cm³/mol. The van der Waals surface area contributed by atoms with E-state index in [4.69, 9.17) is 9.47 Å². The zero-order chi connectivity index (χ0) is 17.1. The Morgan fingerprint density at radius 1 is 1.16 bits per heavy atom. The number of hydrogen-bond acceptors (Lipinski definition) is 7. The Morgan fingerprint density at radius 2 is 2.00 bits per heavy atom. The Labute approximate surface area is 150 Å². The lowest BCUT2D eigenvalue weighted by Crippen LogP contribution is -2.32. The van der Waals surface area contributed by atoms with Crippen molar-refractivity contribution in [2.75, 3.05) is 31.7 Å². The number of fused-ring (bicyclic) bond motifs is 1. The quantitative estimate of drug-likeness (QED) is 0.883. The van der Waals surface area contributed by atoms with Gasteiger partial charge < -0.3 is 19.7 Å². The van der Waals surface area contributed by atoms with Gasteiger partial charge in [-0.15, -0.1) is 10.2 Å². The number of aromatic nitrogens is 2. The van der Waals surface area contributed by atoms with Gasteiger partial charge in [0.15, 0.2) is 11.5 Å². The van der Waals surface area contributed by atoms with Crippen LogP contribution in [-0.4, -0.2) is 47.4 Å². The zero-order valence-corrected chi connectivity index (χ0v) is 14.7. The van der Waals surface area contributed by atoms with Gasteiger partial charge in [-0.1, -0.05) is 17.8 Å². The van der Waals surface area contributed by atoms with Gasteiger partial charge in [-0.25, -0.2) is 0 Å². The van der Waals surface area contributed by atoms with Crippen LogP contribution in [0, 0.1) is 0 Å². The molecule has 25 heavy (non-hydrogen) atoms. The molecule has 1 aromatic heterocycles. The summed E-state index contributed by atoms with van der Waals surface area (Å²) in [6.45, 7) is 3.24. The summed E-state index contributed by atoms with van der Waals surface area (Å²) in [6, 6.07) is 5.65. The molecular formula is C17H20N4O3S. The van der Waals surface area contributed by atoms with Crippen molar-refractivity contribution >= 4 is 22.4 Å². The molecule has 0 spiro atoms. The van der Waals surface area contributed by atoms with E-state index in [0.717, 1.165) is 36.0 Å². The van der Waals surface area contributed by atoms with Crippen LogP contribution in [0.2, 0.25) is 0 Å². The molecule has 1 saturated heterocycles. The summed E-state index contributed by atoms with van der Waals surface area (Å²) in [5.41, 5.74) is 0.899. The molecule has 1 amide bonds. The van der Waals surface area contributed by atoms with Gasteiger partial charge in [-0.3, -0.25) is 4.79 Å². The van der Waals surface area contributed by atoms with Gasteiger partial charge in [0.1, 0.15) is 5.01 Å². The molecule has 1 N–H and O–H groups in total. The Balaban J connectivity index is 1.34. The minimum absolute atomic E-state index is 0.0149. The highest BCUT2D eigenvalue weighted by Crippen LogP contribution is 2.37. The maximum Gasteiger partial charge on any atom is 0.231 e. The lowest BCUT2D eigenvalue weighted by molar-refractivity contribution is -0.116. The van der Waals surface area contributed by atoms with Gasteiger partial charge in [-0.05, 0) is 44.1 Å². The fourth-order valence-corrected chi connectivity index (χ4v) is 3.80. The molecule has 2 aromatic rings. The average Bonchev–Trinajstić information content (AvgIpc) is 3.29. The smallest absolute Gasteiger partial charge is 0.231 e.